The Kier molecular flexibility index (Phi) is 4.09. The highest BCUT2D eigenvalue weighted by atomic mass is 79.9. The van der Waals surface area contributed by atoms with E-state index >= 15 is 0 Å². The number of halogens is 1. The number of nitrogens with one attached hydrogen (secondary N) is 1. The lowest BCUT2D eigenvalue weighted by Crippen LogP contribution is -2.34. The fourth-order valence-electron chi connectivity index (χ4n) is 1.83. The van der Waals surface area contributed by atoms with E-state index in [4.69, 9.17) is 0 Å². The average molecular weight is 302 g/mol. The number of hydrogen-bond donors (Lipinski definition) is 1. The van der Waals surface area contributed by atoms with Crippen molar-refractivity contribution in [3.8, 4) is 0 Å². The van der Waals surface area contributed by atoms with E-state index in [0.717, 1.165) is 12.6 Å². The van der Waals surface area contributed by atoms with Gasteiger partial charge in [0, 0.05) is 21.9 Å². The molecule has 1 heterocycles. The normalized spacial score (nSPS) is 19.7. The largest absolute Gasteiger partial charge is 0.313 e. The van der Waals surface area contributed by atoms with Gasteiger partial charge in [0.2, 0.25) is 0 Å². The van der Waals surface area contributed by atoms with Crippen LogP contribution in [-0.4, -0.2) is 12.6 Å². The van der Waals surface area contributed by atoms with Crippen LogP contribution in [0.3, 0.4) is 0 Å². The highest BCUT2D eigenvalue weighted by Gasteiger charge is 2.28. The maximum atomic E-state index is 3.67. The Bertz CT molecular complexity index is 345. The second-order valence-electron chi connectivity index (χ2n) is 5.19. The van der Waals surface area contributed by atoms with Gasteiger partial charge in [0.15, 0.2) is 0 Å². The lowest BCUT2D eigenvalue weighted by Gasteiger charge is -2.28. The smallest absolute Gasteiger partial charge is 0.0314 e. The summed E-state index contributed by atoms with van der Waals surface area (Å²) in [6, 6.07) is 2.97. The van der Waals surface area contributed by atoms with Gasteiger partial charge >= 0.3 is 0 Å². The van der Waals surface area contributed by atoms with E-state index in [2.05, 4.69) is 46.5 Å². The lowest BCUT2D eigenvalue weighted by atomic mass is 9.83. The first kappa shape index (κ1) is 12.6. The predicted molar refractivity (Wildman–Crippen MR) is 75.1 cm³/mol. The number of hydrogen-bond acceptors (Lipinski definition) is 2. The molecule has 1 atom stereocenters. The topological polar surface area (TPSA) is 12.0 Å². The zero-order chi connectivity index (χ0) is 11.6. The molecule has 3 heteroatoms. The third-order valence-corrected chi connectivity index (χ3v) is 5.45. The quantitative estimate of drug-likeness (QED) is 0.829. The summed E-state index contributed by atoms with van der Waals surface area (Å²) in [6.07, 6.45) is 5.17. The Balaban J connectivity index is 1.94. The van der Waals surface area contributed by atoms with Gasteiger partial charge in [-0.3, -0.25) is 0 Å². The number of rotatable bonds is 6. The molecule has 1 unspecified atom stereocenters. The molecule has 1 nitrogen and oxygen atoms in total. The van der Waals surface area contributed by atoms with Crippen molar-refractivity contribution in [1.29, 1.82) is 0 Å². The highest BCUT2D eigenvalue weighted by Crippen LogP contribution is 2.33. The van der Waals surface area contributed by atoms with Crippen LogP contribution in [0.5, 0.6) is 0 Å². The first-order chi connectivity index (χ1) is 7.63. The van der Waals surface area contributed by atoms with Crippen LogP contribution in [0.1, 0.15) is 38.0 Å². The molecule has 1 fully saturated rings. The zero-order valence-electron chi connectivity index (χ0n) is 10.1. The van der Waals surface area contributed by atoms with Crippen LogP contribution in [0.25, 0.3) is 0 Å². The van der Waals surface area contributed by atoms with Crippen LogP contribution >= 0.6 is 27.3 Å². The van der Waals surface area contributed by atoms with Crippen molar-refractivity contribution in [2.45, 2.75) is 45.6 Å². The van der Waals surface area contributed by atoms with Crippen molar-refractivity contribution >= 4 is 27.3 Å². The van der Waals surface area contributed by atoms with Crippen LogP contribution in [0.2, 0.25) is 0 Å². The molecule has 0 aliphatic heterocycles. The monoisotopic (exact) mass is 301 g/mol. The molecule has 0 saturated heterocycles. The molecule has 1 aromatic rings. The van der Waals surface area contributed by atoms with Crippen LogP contribution in [0, 0.1) is 5.41 Å². The summed E-state index contributed by atoms with van der Waals surface area (Å²) in [6.45, 7) is 5.85. The van der Waals surface area contributed by atoms with E-state index in [1.165, 1.54) is 35.0 Å². The average Bonchev–Trinajstić information content (AvgIpc) is 3.02. The molecule has 1 aliphatic carbocycles. The molecule has 1 aromatic heterocycles. The molecule has 16 heavy (non-hydrogen) atoms. The Morgan fingerprint density at radius 2 is 2.31 bits per heavy atom. The molecule has 0 amide bonds. The van der Waals surface area contributed by atoms with Crippen LogP contribution in [-0.2, 0) is 6.42 Å². The minimum atomic E-state index is 0.399. The fraction of sp³-hybridized carbons (Fsp3) is 0.692. The molecule has 0 bridgehead atoms. The van der Waals surface area contributed by atoms with Gasteiger partial charge in [0.05, 0.1) is 0 Å². The van der Waals surface area contributed by atoms with Gasteiger partial charge < -0.3 is 5.32 Å². The number of thiophene rings is 1. The predicted octanol–water partition coefficient (Wildman–Crippen LogP) is 4.22. The van der Waals surface area contributed by atoms with Crippen molar-refractivity contribution in [3.63, 3.8) is 0 Å². The van der Waals surface area contributed by atoms with Crippen LogP contribution in [0.15, 0.2) is 15.9 Å². The maximum absolute atomic E-state index is 3.67. The van der Waals surface area contributed by atoms with Crippen molar-refractivity contribution in [3.05, 3.63) is 20.8 Å². The van der Waals surface area contributed by atoms with Crippen LogP contribution < -0.4 is 5.32 Å². The second-order valence-corrected chi connectivity index (χ2v) is 7.04. The molecule has 90 valence electrons. The van der Waals surface area contributed by atoms with E-state index in [1.807, 2.05) is 11.3 Å². The highest BCUT2D eigenvalue weighted by molar-refractivity contribution is 9.10. The molecule has 1 N–H and O–H groups in total. The first-order valence-corrected chi connectivity index (χ1v) is 7.75. The van der Waals surface area contributed by atoms with Gasteiger partial charge in [-0.2, -0.15) is 0 Å². The van der Waals surface area contributed by atoms with Crippen molar-refractivity contribution < 1.29 is 0 Å². The SMILES string of the molecule is CCC(C)(CNC1CC1)Cc1sccc1Br. The molecule has 0 radical (unpaired) electrons. The summed E-state index contributed by atoms with van der Waals surface area (Å²) in [5.41, 5.74) is 0.399. The van der Waals surface area contributed by atoms with Gasteiger partial charge in [0.1, 0.15) is 0 Å². The standard InChI is InChI=1S/C13H20BrNS/c1-3-13(2,9-15-10-4-5-10)8-12-11(14)6-7-16-12/h6-7,10,15H,3-5,8-9H2,1-2H3. The Hall–Kier alpha value is 0.140. The maximum Gasteiger partial charge on any atom is 0.0314 e. The third kappa shape index (κ3) is 3.31. The molecular weight excluding hydrogens is 282 g/mol. The summed E-state index contributed by atoms with van der Waals surface area (Å²) in [5.74, 6) is 0. The fourth-order valence-corrected chi connectivity index (χ4v) is 3.54. The van der Waals surface area contributed by atoms with E-state index in [0.29, 0.717) is 5.41 Å². The Labute approximate surface area is 111 Å². The second kappa shape index (κ2) is 5.19. The van der Waals surface area contributed by atoms with Crippen LogP contribution in [0.4, 0.5) is 0 Å². The van der Waals surface area contributed by atoms with Gasteiger partial charge in [-0.15, -0.1) is 11.3 Å². The molecule has 2 rings (SSSR count). The van der Waals surface area contributed by atoms with Crippen molar-refractivity contribution in [2.24, 2.45) is 5.41 Å². The van der Waals surface area contributed by atoms with E-state index in [9.17, 15) is 0 Å². The molecule has 1 aliphatic rings. The minimum absolute atomic E-state index is 0.399. The van der Waals surface area contributed by atoms with Crippen molar-refractivity contribution in [1.82, 2.24) is 5.32 Å². The summed E-state index contributed by atoms with van der Waals surface area (Å²) in [7, 11) is 0. The summed E-state index contributed by atoms with van der Waals surface area (Å²) >= 11 is 5.50. The zero-order valence-corrected chi connectivity index (χ0v) is 12.5. The van der Waals surface area contributed by atoms with Gasteiger partial charge in [-0.25, -0.2) is 0 Å². The van der Waals surface area contributed by atoms with E-state index in [-0.39, 0.29) is 0 Å². The Morgan fingerprint density at radius 1 is 1.56 bits per heavy atom. The molecule has 0 spiro atoms. The van der Waals surface area contributed by atoms with E-state index in [1.54, 1.807) is 0 Å². The van der Waals surface area contributed by atoms with Gasteiger partial charge in [-0.1, -0.05) is 13.8 Å². The van der Waals surface area contributed by atoms with E-state index < -0.39 is 0 Å². The summed E-state index contributed by atoms with van der Waals surface area (Å²) < 4.78 is 1.28. The third-order valence-electron chi connectivity index (χ3n) is 3.53. The molecule has 1 saturated carbocycles. The molecular formula is C13H20BrNS. The molecule has 0 aromatic carbocycles. The Morgan fingerprint density at radius 3 is 2.81 bits per heavy atom. The summed E-state index contributed by atoms with van der Waals surface area (Å²) in [5, 5.41) is 5.84. The first-order valence-electron chi connectivity index (χ1n) is 6.08. The minimum Gasteiger partial charge on any atom is -0.313 e. The summed E-state index contributed by atoms with van der Waals surface area (Å²) in [4.78, 5) is 1.49. The van der Waals surface area contributed by atoms with Gasteiger partial charge in [-0.05, 0) is 58.5 Å². The lowest BCUT2D eigenvalue weighted by molar-refractivity contribution is 0.291. The van der Waals surface area contributed by atoms with Crippen molar-refractivity contribution in [2.75, 3.05) is 6.54 Å². The van der Waals surface area contributed by atoms with Gasteiger partial charge in [0.25, 0.3) is 0 Å².